The summed E-state index contributed by atoms with van der Waals surface area (Å²) in [6.07, 6.45) is 0.676. The third-order valence-corrected chi connectivity index (χ3v) is 4.12. The van der Waals surface area contributed by atoms with E-state index in [0.29, 0.717) is 16.5 Å². The van der Waals surface area contributed by atoms with Crippen LogP contribution in [0, 0.1) is 5.92 Å². The minimum absolute atomic E-state index is 0.354. The molecule has 0 spiro atoms. The van der Waals surface area contributed by atoms with Gasteiger partial charge in [0, 0.05) is 5.02 Å². The van der Waals surface area contributed by atoms with Crippen molar-refractivity contribution >= 4 is 29.1 Å². The SMILES string of the molecule is O=C1NC(=O)[C@@H]2ON(c3ccc(Cl)cc3)[C@@H](c3ccco3)[C@@H]12. The molecule has 2 saturated heterocycles. The number of hydrogen-bond acceptors (Lipinski definition) is 5. The third kappa shape index (κ3) is 1.92. The summed E-state index contributed by atoms with van der Waals surface area (Å²) in [7, 11) is 0. The number of benzene rings is 1. The number of fused-ring (bicyclic) bond motifs is 1. The smallest absolute Gasteiger partial charge is 0.259 e. The molecule has 3 heterocycles. The molecule has 2 fully saturated rings. The second-order valence-electron chi connectivity index (χ2n) is 5.17. The van der Waals surface area contributed by atoms with E-state index in [0.717, 1.165) is 0 Å². The molecule has 1 aromatic heterocycles. The van der Waals surface area contributed by atoms with Gasteiger partial charge in [-0.2, -0.15) is 0 Å². The fourth-order valence-corrected chi connectivity index (χ4v) is 3.02. The fraction of sp³-hybridized carbons (Fsp3) is 0.200. The topological polar surface area (TPSA) is 71.8 Å². The first-order valence-electron chi connectivity index (χ1n) is 6.75. The lowest BCUT2D eigenvalue weighted by Crippen LogP contribution is -2.33. The summed E-state index contributed by atoms with van der Waals surface area (Å²) in [5.74, 6) is -0.863. The van der Waals surface area contributed by atoms with Crippen molar-refractivity contribution in [1.29, 1.82) is 0 Å². The number of hydroxylamine groups is 1. The van der Waals surface area contributed by atoms with E-state index < -0.39 is 24.0 Å². The Hall–Kier alpha value is -2.31. The van der Waals surface area contributed by atoms with Crippen LogP contribution in [0.2, 0.25) is 5.02 Å². The average Bonchev–Trinajstić information content (AvgIpc) is 3.19. The maximum Gasteiger partial charge on any atom is 0.259 e. The second kappa shape index (κ2) is 4.86. The Balaban J connectivity index is 1.78. The molecule has 0 bridgehead atoms. The van der Waals surface area contributed by atoms with Gasteiger partial charge in [0.25, 0.3) is 5.91 Å². The lowest BCUT2D eigenvalue weighted by molar-refractivity contribution is -0.129. The quantitative estimate of drug-likeness (QED) is 0.858. The zero-order valence-electron chi connectivity index (χ0n) is 11.2. The summed E-state index contributed by atoms with van der Waals surface area (Å²) in [4.78, 5) is 29.7. The molecule has 4 rings (SSSR count). The third-order valence-electron chi connectivity index (χ3n) is 3.87. The van der Waals surface area contributed by atoms with Crippen molar-refractivity contribution in [3.8, 4) is 0 Å². The largest absolute Gasteiger partial charge is 0.467 e. The highest BCUT2D eigenvalue weighted by Gasteiger charge is 2.57. The van der Waals surface area contributed by atoms with Crippen molar-refractivity contribution in [2.45, 2.75) is 12.1 Å². The van der Waals surface area contributed by atoms with Gasteiger partial charge < -0.3 is 4.42 Å². The van der Waals surface area contributed by atoms with Gasteiger partial charge in [0.15, 0.2) is 6.10 Å². The summed E-state index contributed by atoms with van der Waals surface area (Å²) < 4.78 is 5.45. The Kier molecular flexibility index (Phi) is 2.95. The first-order chi connectivity index (χ1) is 10.6. The van der Waals surface area contributed by atoms with Gasteiger partial charge in [-0.25, -0.2) is 5.06 Å². The predicted octanol–water partition coefficient (Wildman–Crippen LogP) is 2.07. The van der Waals surface area contributed by atoms with Crippen molar-refractivity contribution in [3.63, 3.8) is 0 Å². The molecule has 22 heavy (non-hydrogen) atoms. The normalized spacial score (nSPS) is 27.1. The van der Waals surface area contributed by atoms with E-state index in [2.05, 4.69) is 5.32 Å². The predicted molar refractivity (Wildman–Crippen MR) is 76.9 cm³/mol. The van der Waals surface area contributed by atoms with Crippen LogP contribution in [0.1, 0.15) is 11.8 Å². The van der Waals surface area contributed by atoms with E-state index in [-0.39, 0.29) is 5.91 Å². The Bertz CT molecular complexity index is 729. The van der Waals surface area contributed by atoms with Gasteiger partial charge in [-0.1, -0.05) is 11.6 Å². The highest BCUT2D eigenvalue weighted by atomic mass is 35.5. The number of imide groups is 1. The van der Waals surface area contributed by atoms with Crippen molar-refractivity contribution in [2.24, 2.45) is 5.92 Å². The Morgan fingerprint density at radius 3 is 2.55 bits per heavy atom. The van der Waals surface area contributed by atoms with Crippen LogP contribution in [0.5, 0.6) is 0 Å². The van der Waals surface area contributed by atoms with Gasteiger partial charge >= 0.3 is 0 Å². The molecule has 2 aromatic rings. The lowest BCUT2D eigenvalue weighted by Gasteiger charge is -2.25. The minimum atomic E-state index is -0.849. The van der Waals surface area contributed by atoms with Crippen molar-refractivity contribution < 1.29 is 18.8 Å². The molecule has 2 aliphatic heterocycles. The highest BCUT2D eigenvalue weighted by Crippen LogP contribution is 2.44. The number of hydrogen-bond donors (Lipinski definition) is 1. The number of carbonyl (C=O) groups is 2. The van der Waals surface area contributed by atoms with Gasteiger partial charge in [0.1, 0.15) is 17.7 Å². The average molecular weight is 319 g/mol. The molecule has 1 aromatic carbocycles. The number of anilines is 1. The molecule has 2 amide bonds. The summed E-state index contributed by atoms with van der Waals surface area (Å²) in [5, 5.41) is 4.43. The van der Waals surface area contributed by atoms with Gasteiger partial charge in [0.05, 0.1) is 12.0 Å². The number of nitrogens with one attached hydrogen (secondary N) is 1. The molecule has 112 valence electrons. The summed E-state index contributed by atoms with van der Waals surface area (Å²) >= 11 is 5.90. The summed E-state index contributed by atoms with van der Waals surface area (Å²) in [5.41, 5.74) is 0.695. The van der Waals surface area contributed by atoms with Gasteiger partial charge in [-0.05, 0) is 36.4 Å². The van der Waals surface area contributed by atoms with Crippen LogP contribution >= 0.6 is 11.6 Å². The molecule has 0 aliphatic carbocycles. The van der Waals surface area contributed by atoms with E-state index in [9.17, 15) is 9.59 Å². The standard InChI is InChI=1S/C15H11ClN2O4/c16-8-3-5-9(6-4-8)18-12(10-2-1-7-21-10)11-13(22-18)15(20)17-14(11)19/h1-7,11-13H,(H,17,19,20)/t11-,12+,13-/m1/s1. The molecule has 2 aliphatic rings. The number of halogens is 1. The Morgan fingerprint density at radius 1 is 1.09 bits per heavy atom. The number of furan rings is 1. The zero-order chi connectivity index (χ0) is 15.3. The number of amides is 2. The lowest BCUT2D eigenvalue weighted by atomic mass is 9.94. The van der Waals surface area contributed by atoms with Crippen molar-refractivity contribution in [2.75, 3.05) is 5.06 Å². The van der Waals surface area contributed by atoms with Crippen LogP contribution in [0.4, 0.5) is 5.69 Å². The van der Waals surface area contributed by atoms with Crippen LogP contribution in [-0.2, 0) is 14.4 Å². The summed E-state index contributed by atoms with van der Waals surface area (Å²) in [6.45, 7) is 0. The molecule has 0 unspecified atom stereocenters. The van der Waals surface area contributed by atoms with E-state index >= 15 is 0 Å². The van der Waals surface area contributed by atoms with Gasteiger partial charge in [0.2, 0.25) is 5.91 Å². The zero-order valence-corrected chi connectivity index (χ0v) is 12.0. The molecular weight excluding hydrogens is 308 g/mol. The molecule has 0 saturated carbocycles. The van der Waals surface area contributed by atoms with Crippen LogP contribution < -0.4 is 10.4 Å². The maximum absolute atomic E-state index is 12.1. The first kappa shape index (κ1) is 13.4. The molecule has 0 radical (unpaired) electrons. The molecular formula is C15H11ClN2O4. The number of carbonyl (C=O) groups excluding carboxylic acids is 2. The van der Waals surface area contributed by atoms with E-state index in [1.165, 1.54) is 6.26 Å². The fourth-order valence-electron chi connectivity index (χ4n) is 2.89. The highest BCUT2D eigenvalue weighted by molar-refractivity contribution is 6.30. The van der Waals surface area contributed by atoms with Crippen LogP contribution in [0.3, 0.4) is 0 Å². The Labute approximate surface area is 130 Å². The van der Waals surface area contributed by atoms with Crippen molar-refractivity contribution in [1.82, 2.24) is 5.32 Å². The Morgan fingerprint density at radius 2 is 1.86 bits per heavy atom. The molecule has 6 nitrogen and oxygen atoms in total. The second-order valence-corrected chi connectivity index (χ2v) is 5.60. The van der Waals surface area contributed by atoms with E-state index in [1.807, 2.05) is 0 Å². The van der Waals surface area contributed by atoms with Crippen LogP contribution in [0.25, 0.3) is 0 Å². The molecule has 7 heteroatoms. The van der Waals surface area contributed by atoms with Crippen LogP contribution in [0.15, 0.2) is 47.1 Å². The van der Waals surface area contributed by atoms with Crippen molar-refractivity contribution in [3.05, 3.63) is 53.4 Å². The van der Waals surface area contributed by atoms with Crippen LogP contribution in [-0.4, -0.2) is 17.9 Å². The van der Waals surface area contributed by atoms with Gasteiger partial charge in [-0.15, -0.1) is 0 Å². The van der Waals surface area contributed by atoms with E-state index in [4.69, 9.17) is 20.9 Å². The monoisotopic (exact) mass is 318 g/mol. The van der Waals surface area contributed by atoms with Gasteiger partial charge in [-0.3, -0.25) is 19.7 Å². The number of nitrogens with zero attached hydrogens (tertiary/aromatic N) is 1. The first-order valence-corrected chi connectivity index (χ1v) is 7.12. The molecule has 1 N–H and O–H groups in total. The van der Waals surface area contributed by atoms with E-state index in [1.54, 1.807) is 41.5 Å². The summed E-state index contributed by atoms with van der Waals surface area (Å²) in [6, 6.07) is 9.95. The maximum atomic E-state index is 12.1. The number of rotatable bonds is 2. The molecule has 3 atom stereocenters. The minimum Gasteiger partial charge on any atom is -0.467 e.